The first kappa shape index (κ1) is 47.9. The second-order valence-corrected chi connectivity index (χ2v) is 16.5. The van der Waals surface area contributed by atoms with Gasteiger partial charge in [-0.1, -0.05) is 12.1 Å². The molecule has 3 saturated heterocycles. The monoisotopic (exact) mass is 885 g/mol. The van der Waals surface area contributed by atoms with Crippen LogP contribution < -0.4 is 15.2 Å². The molecule has 3 amide bonds. The largest absolute Gasteiger partial charge is 0.508 e. The van der Waals surface area contributed by atoms with Crippen molar-refractivity contribution in [2.75, 3.05) is 66.6 Å². The number of phenols is 1. The molecule has 4 heterocycles. The van der Waals surface area contributed by atoms with E-state index in [1.54, 1.807) is 27.2 Å². The average molecular weight is 886 g/mol. The van der Waals surface area contributed by atoms with Crippen molar-refractivity contribution in [1.82, 2.24) is 19.3 Å². The Morgan fingerprint density at radius 2 is 1.25 bits per heavy atom. The number of rotatable bonds is 13. The first-order chi connectivity index (χ1) is 31.5. The van der Waals surface area contributed by atoms with Crippen LogP contribution in [0.15, 0.2) is 104 Å². The highest BCUT2D eigenvalue weighted by Gasteiger charge is 2.24. The zero-order chi connectivity index (χ0) is 46.3. The van der Waals surface area contributed by atoms with Crippen molar-refractivity contribution in [2.45, 2.75) is 64.3 Å². The SMILES string of the molecule is C=CCc1cc(C(=O)N2CCCC2)ccc1OC.CCOC(=O)c1ccc(O)cc1.COc1ccc(C(=O)N2CCCC2)cc1CCN1CCC(n2ccc3ccc(C(N)=O)cc32)CC1. The molecule has 0 unspecified atom stereocenters. The molecule has 0 radical (unpaired) electrons. The summed E-state index contributed by atoms with van der Waals surface area (Å²) in [6.45, 7) is 12.3. The number of nitrogens with two attached hydrogens (primary N) is 1. The minimum atomic E-state index is -0.393. The van der Waals surface area contributed by atoms with E-state index in [4.69, 9.17) is 25.1 Å². The van der Waals surface area contributed by atoms with Crippen LogP contribution in [0.3, 0.4) is 0 Å². The smallest absolute Gasteiger partial charge is 0.338 e. The van der Waals surface area contributed by atoms with Gasteiger partial charge in [0, 0.05) is 80.3 Å². The van der Waals surface area contributed by atoms with Gasteiger partial charge in [0.1, 0.15) is 17.2 Å². The third-order valence-electron chi connectivity index (χ3n) is 12.2. The van der Waals surface area contributed by atoms with Gasteiger partial charge in [0.15, 0.2) is 0 Å². The van der Waals surface area contributed by atoms with Crippen molar-refractivity contribution in [3.8, 4) is 17.2 Å². The number of nitrogens with zero attached hydrogens (tertiary/aromatic N) is 4. The molecule has 0 atom stereocenters. The van der Waals surface area contributed by atoms with Crippen LogP contribution in [-0.2, 0) is 17.6 Å². The summed E-state index contributed by atoms with van der Waals surface area (Å²) in [6.07, 6.45) is 12.0. The zero-order valence-electron chi connectivity index (χ0n) is 38.0. The molecule has 4 aromatic carbocycles. The maximum absolute atomic E-state index is 12.9. The molecule has 3 aliphatic heterocycles. The molecular weight excluding hydrogens is 823 g/mol. The molecule has 65 heavy (non-hydrogen) atoms. The molecule has 3 fully saturated rings. The van der Waals surface area contributed by atoms with Crippen LogP contribution in [0.25, 0.3) is 10.9 Å². The second kappa shape index (κ2) is 23.4. The Balaban J connectivity index is 0.000000193. The Bertz CT molecular complexity index is 2410. The summed E-state index contributed by atoms with van der Waals surface area (Å²) in [4.78, 5) is 54.2. The summed E-state index contributed by atoms with van der Waals surface area (Å²) < 4.78 is 17.9. The first-order valence-corrected chi connectivity index (χ1v) is 22.7. The summed E-state index contributed by atoms with van der Waals surface area (Å²) in [5.74, 6) is 1.30. The topological polar surface area (TPSA) is 157 Å². The molecule has 0 saturated carbocycles. The molecule has 1 aromatic heterocycles. The van der Waals surface area contributed by atoms with Crippen molar-refractivity contribution in [3.63, 3.8) is 0 Å². The lowest BCUT2D eigenvalue weighted by Crippen LogP contribution is -2.36. The molecule has 13 heteroatoms. The van der Waals surface area contributed by atoms with E-state index in [0.29, 0.717) is 30.2 Å². The van der Waals surface area contributed by atoms with Crippen molar-refractivity contribution < 1.29 is 38.5 Å². The third kappa shape index (κ3) is 12.6. The number of aromatic nitrogens is 1. The highest BCUT2D eigenvalue weighted by Crippen LogP contribution is 2.30. The van der Waals surface area contributed by atoms with Crippen LogP contribution >= 0.6 is 0 Å². The van der Waals surface area contributed by atoms with Crippen LogP contribution in [0.2, 0.25) is 0 Å². The van der Waals surface area contributed by atoms with E-state index in [0.717, 1.165) is 135 Å². The Kier molecular flexibility index (Phi) is 17.2. The number of amides is 3. The number of esters is 1. The molecule has 5 aromatic rings. The fraction of sp³-hybridized carbons (Fsp3) is 0.385. The second-order valence-electron chi connectivity index (χ2n) is 16.5. The lowest BCUT2D eigenvalue weighted by Gasteiger charge is -2.33. The summed E-state index contributed by atoms with van der Waals surface area (Å²) in [5, 5.41) is 10.0. The number of methoxy groups -OCH3 is 2. The average Bonchev–Trinajstić information content (AvgIpc) is 4.15. The first-order valence-electron chi connectivity index (χ1n) is 22.7. The van der Waals surface area contributed by atoms with E-state index in [1.807, 2.05) is 64.4 Å². The Hall–Kier alpha value is -6.60. The van der Waals surface area contributed by atoms with E-state index in [2.05, 4.69) is 28.3 Å². The van der Waals surface area contributed by atoms with Crippen LogP contribution in [0.5, 0.6) is 17.2 Å². The molecule has 0 spiro atoms. The minimum absolute atomic E-state index is 0.125. The highest BCUT2D eigenvalue weighted by molar-refractivity contribution is 5.97. The van der Waals surface area contributed by atoms with Gasteiger partial charge in [-0.25, -0.2) is 4.79 Å². The van der Waals surface area contributed by atoms with Gasteiger partial charge >= 0.3 is 5.97 Å². The van der Waals surface area contributed by atoms with E-state index in [1.165, 1.54) is 24.3 Å². The fourth-order valence-corrected chi connectivity index (χ4v) is 8.67. The van der Waals surface area contributed by atoms with Gasteiger partial charge in [-0.3, -0.25) is 14.4 Å². The number of likely N-dealkylation sites (tertiary alicyclic amines) is 3. The van der Waals surface area contributed by atoms with Crippen molar-refractivity contribution in [3.05, 3.63) is 137 Å². The molecule has 0 aliphatic carbocycles. The Labute approximate surface area is 382 Å². The van der Waals surface area contributed by atoms with Gasteiger partial charge in [-0.05, 0) is 154 Å². The predicted molar refractivity (Wildman–Crippen MR) is 253 cm³/mol. The van der Waals surface area contributed by atoms with E-state index >= 15 is 0 Å². The van der Waals surface area contributed by atoms with Crippen LogP contribution in [-0.4, -0.2) is 115 Å². The lowest BCUT2D eigenvalue weighted by atomic mass is 10.0. The maximum Gasteiger partial charge on any atom is 0.338 e. The number of phenolic OH excluding ortho intramolecular Hbond substituents is 1. The Morgan fingerprint density at radius 3 is 1.78 bits per heavy atom. The van der Waals surface area contributed by atoms with Gasteiger partial charge in [-0.15, -0.1) is 6.58 Å². The number of aromatic hydroxyl groups is 1. The predicted octanol–water partition coefficient (Wildman–Crippen LogP) is 8.09. The van der Waals surface area contributed by atoms with Crippen molar-refractivity contribution >= 4 is 34.6 Å². The number of ether oxygens (including phenoxy) is 3. The lowest BCUT2D eigenvalue weighted by molar-refractivity contribution is 0.0525. The highest BCUT2D eigenvalue weighted by atomic mass is 16.5. The molecule has 0 bridgehead atoms. The van der Waals surface area contributed by atoms with Crippen LogP contribution in [0.1, 0.15) is 104 Å². The molecular formula is C52H63N5O8. The number of carbonyl (C=O) groups is 4. The van der Waals surface area contributed by atoms with E-state index in [-0.39, 0.29) is 23.5 Å². The summed E-state index contributed by atoms with van der Waals surface area (Å²) in [5.41, 5.74) is 11.2. The van der Waals surface area contributed by atoms with Gasteiger partial charge in [0.05, 0.1) is 26.4 Å². The number of allylic oxidation sites excluding steroid dienone is 1. The number of fused-ring (bicyclic) bond motifs is 1. The van der Waals surface area contributed by atoms with Crippen LogP contribution in [0.4, 0.5) is 0 Å². The minimum Gasteiger partial charge on any atom is -0.508 e. The molecule has 13 nitrogen and oxygen atoms in total. The molecule has 344 valence electrons. The maximum atomic E-state index is 12.9. The number of benzene rings is 4. The fourth-order valence-electron chi connectivity index (χ4n) is 8.67. The zero-order valence-corrected chi connectivity index (χ0v) is 38.0. The number of carbonyl (C=O) groups excluding carboxylic acids is 4. The standard InChI is InChI=1S/C28H34N4O3.C15H19NO2.C9H10O3/c1-35-26-7-6-23(28(34)31-12-2-3-13-31)18-21(26)8-14-30-15-10-24(11-16-30)32-17-9-20-4-5-22(27(29)33)19-25(20)32;1-3-6-12-11-13(7-8-14(12)18-2)15(17)16-9-4-5-10-16;1-2-12-9(11)7-3-5-8(10)6-4-7/h4-7,9,17-19,24H,2-3,8,10-16H2,1H3,(H2,29,33);3,7-8,11H,1,4-6,9-10H2,2H3;3-6,10H,2H2,1H3. The van der Waals surface area contributed by atoms with Gasteiger partial charge in [-0.2, -0.15) is 0 Å². The summed E-state index contributed by atoms with van der Waals surface area (Å²) in [6, 6.07) is 25.6. The number of hydrogen-bond donors (Lipinski definition) is 2. The van der Waals surface area contributed by atoms with Gasteiger partial charge < -0.3 is 44.3 Å². The Morgan fingerprint density at radius 1 is 0.708 bits per heavy atom. The summed E-state index contributed by atoms with van der Waals surface area (Å²) >= 11 is 0. The number of piperidine rings is 1. The van der Waals surface area contributed by atoms with Crippen LogP contribution in [0, 0.1) is 0 Å². The normalized spacial score (nSPS) is 15.1. The van der Waals surface area contributed by atoms with Crippen molar-refractivity contribution in [2.24, 2.45) is 5.73 Å². The van der Waals surface area contributed by atoms with E-state index < -0.39 is 5.91 Å². The molecule has 3 aliphatic rings. The third-order valence-corrected chi connectivity index (χ3v) is 12.2. The number of primary amides is 1. The van der Waals surface area contributed by atoms with E-state index in [9.17, 15) is 19.2 Å². The van der Waals surface area contributed by atoms with Crippen molar-refractivity contribution in [1.29, 1.82) is 0 Å². The summed E-state index contributed by atoms with van der Waals surface area (Å²) in [7, 11) is 3.33. The van der Waals surface area contributed by atoms with Gasteiger partial charge in [0.25, 0.3) is 11.8 Å². The number of hydrogen-bond acceptors (Lipinski definition) is 9. The molecule has 8 rings (SSSR count). The quantitative estimate of drug-likeness (QED) is 0.0882. The molecule has 3 N–H and O–H groups in total. The van der Waals surface area contributed by atoms with Gasteiger partial charge in [0.2, 0.25) is 5.91 Å².